The average molecular weight is 438 g/mol. The van der Waals surface area contributed by atoms with Crippen LogP contribution < -0.4 is 14.2 Å². The monoisotopic (exact) mass is 437 g/mol. The van der Waals surface area contributed by atoms with Gasteiger partial charge in [0, 0.05) is 62.4 Å². The van der Waals surface area contributed by atoms with E-state index >= 15 is 0 Å². The number of hydrogen-bond donors (Lipinski definition) is 0. The van der Waals surface area contributed by atoms with Gasteiger partial charge in [0.1, 0.15) is 0 Å². The number of methoxy groups -OCH3 is 3. The molecule has 3 aromatic rings. The Kier molecular flexibility index (Phi) is 6.55. The van der Waals surface area contributed by atoms with E-state index in [-0.39, 0.29) is 5.91 Å². The van der Waals surface area contributed by atoms with Gasteiger partial charge in [-0.15, -0.1) is 0 Å². The van der Waals surface area contributed by atoms with E-state index < -0.39 is 0 Å². The van der Waals surface area contributed by atoms with Crippen LogP contribution in [-0.4, -0.2) is 67.8 Å². The maximum absolute atomic E-state index is 13.0. The summed E-state index contributed by atoms with van der Waals surface area (Å²) in [5.41, 5.74) is 3.29. The lowest BCUT2D eigenvalue weighted by Crippen LogP contribution is -2.48. The zero-order chi connectivity index (χ0) is 22.7. The fraction of sp³-hybridized carbons (Fsp3) is 0.400. The van der Waals surface area contributed by atoms with E-state index in [1.54, 1.807) is 21.3 Å². The van der Waals surface area contributed by atoms with Gasteiger partial charge in [0.05, 0.1) is 27.8 Å². The van der Waals surface area contributed by atoms with Gasteiger partial charge in [-0.1, -0.05) is 24.3 Å². The number of carbonyl (C=O) groups is 1. The summed E-state index contributed by atoms with van der Waals surface area (Å²) in [7, 11) is 6.90. The number of benzene rings is 2. The van der Waals surface area contributed by atoms with Crippen LogP contribution in [0.25, 0.3) is 10.9 Å². The van der Waals surface area contributed by atoms with Crippen LogP contribution in [0.3, 0.4) is 0 Å². The van der Waals surface area contributed by atoms with Crippen LogP contribution >= 0.6 is 0 Å². The molecule has 0 N–H and O–H groups in total. The van der Waals surface area contributed by atoms with Gasteiger partial charge in [-0.25, -0.2) is 0 Å². The van der Waals surface area contributed by atoms with Crippen LogP contribution in [0.5, 0.6) is 17.2 Å². The van der Waals surface area contributed by atoms with Crippen molar-refractivity contribution in [3.63, 3.8) is 0 Å². The second-order valence-corrected chi connectivity index (χ2v) is 8.11. The number of aromatic nitrogens is 1. The summed E-state index contributed by atoms with van der Waals surface area (Å²) >= 11 is 0. The molecule has 1 aliphatic rings. The van der Waals surface area contributed by atoms with Gasteiger partial charge in [0.2, 0.25) is 11.7 Å². The van der Waals surface area contributed by atoms with Crippen molar-refractivity contribution in [1.29, 1.82) is 0 Å². The lowest BCUT2D eigenvalue weighted by molar-refractivity contribution is -0.132. The number of nitrogens with zero attached hydrogens (tertiary/aromatic N) is 3. The van der Waals surface area contributed by atoms with E-state index in [0.29, 0.717) is 23.7 Å². The Balaban J connectivity index is 1.39. The summed E-state index contributed by atoms with van der Waals surface area (Å²) in [5, 5.41) is 1.16. The molecule has 1 aliphatic heterocycles. The number of fused-ring (bicyclic) bond motifs is 1. The van der Waals surface area contributed by atoms with Crippen molar-refractivity contribution >= 4 is 16.8 Å². The molecule has 7 heteroatoms. The molecule has 0 atom stereocenters. The largest absolute Gasteiger partial charge is 0.493 e. The molecule has 1 aromatic heterocycles. The predicted molar refractivity (Wildman–Crippen MR) is 125 cm³/mol. The summed E-state index contributed by atoms with van der Waals surface area (Å²) < 4.78 is 18.6. The van der Waals surface area contributed by atoms with Crippen molar-refractivity contribution in [2.75, 3.05) is 47.5 Å². The fourth-order valence-electron chi connectivity index (χ4n) is 4.53. The van der Waals surface area contributed by atoms with Crippen molar-refractivity contribution in [2.45, 2.75) is 13.0 Å². The number of para-hydroxylation sites is 1. The molecule has 7 nitrogen and oxygen atoms in total. The topological polar surface area (TPSA) is 56.2 Å². The lowest BCUT2D eigenvalue weighted by Gasteiger charge is -2.35. The minimum absolute atomic E-state index is 0.185. The zero-order valence-corrected chi connectivity index (χ0v) is 19.3. The standard InChI is InChI=1S/C25H31N3O4/c1-26-16-19(20-7-5-6-8-21(20)26)15-23(29)28-13-11-27(12-14-28)17-18-9-10-22(30-2)25(32-4)24(18)31-3/h5-10,16H,11-15,17H2,1-4H3. The smallest absolute Gasteiger partial charge is 0.227 e. The van der Waals surface area contributed by atoms with Crippen LogP contribution in [0, 0.1) is 0 Å². The van der Waals surface area contributed by atoms with Crippen LogP contribution in [0.4, 0.5) is 0 Å². The minimum Gasteiger partial charge on any atom is -0.493 e. The number of amides is 1. The number of rotatable bonds is 7. The minimum atomic E-state index is 0.185. The fourth-order valence-corrected chi connectivity index (χ4v) is 4.53. The maximum Gasteiger partial charge on any atom is 0.227 e. The number of ether oxygens (including phenoxy) is 3. The first-order chi connectivity index (χ1) is 15.5. The van der Waals surface area contributed by atoms with Crippen LogP contribution in [0.1, 0.15) is 11.1 Å². The molecular formula is C25H31N3O4. The second-order valence-electron chi connectivity index (χ2n) is 8.11. The SMILES string of the molecule is COc1ccc(CN2CCN(C(=O)Cc3cn(C)c4ccccc34)CC2)c(OC)c1OC. The van der Waals surface area contributed by atoms with Gasteiger partial charge in [0.15, 0.2) is 11.5 Å². The van der Waals surface area contributed by atoms with Gasteiger partial charge in [0.25, 0.3) is 0 Å². The van der Waals surface area contributed by atoms with E-state index in [1.807, 2.05) is 36.2 Å². The summed E-state index contributed by atoms with van der Waals surface area (Å²) in [5.74, 6) is 2.14. The quantitative estimate of drug-likeness (QED) is 0.569. The number of aryl methyl sites for hydroxylation is 1. The van der Waals surface area contributed by atoms with Gasteiger partial charge in [-0.2, -0.15) is 0 Å². The first kappa shape index (κ1) is 22.0. The van der Waals surface area contributed by atoms with E-state index in [4.69, 9.17) is 14.2 Å². The van der Waals surface area contributed by atoms with E-state index in [1.165, 1.54) is 0 Å². The Morgan fingerprint density at radius 1 is 0.875 bits per heavy atom. The van der Waals surface area contributed by atoms with Gasteiger partial charge in [-0.05, 0) is 17.7 Å². The van der Waals surface area contributed by atoms with E-state index in [2.05, 4.69) is 27.8 Å². The molecule has 4 rings (SSSR count). The highest BCUT2D eigenvalue weighted by molar-refractivity contribution is 5.89. The number of hydrogen-bond acceptors (Lipinski definition) is 5. The number of piperazine rings is 1. The molecule has 0 aliphatic carbocycles. The van der Waals surface area contributed by atoms with Crippen molar-refractivity contribution in [1.82, 2.24) is 14.4 Å². The number of carbonyl (C=O) groups excluding carboxylic acids is 1. The van der Waals surface area contributed by atoms with Crippen molar-refractivity contribution < 1.29 is 19.0 Å². The molecule has 1 amide bonds. The van der Waals surface area contributed by atoms with E-state index in [9.17, 15) is 4.79 Å². The molecule has 170 valence electrons. The first-order valence-electron chi connectivity index (χ1n) is 10.9. The molecule has 0 saturated carbocycles. The van der Waals surface area contributed by atoms with Gasteiger partial charge < -0.3 is 23.7 Å². The summed E-state index contributed by atoms with van der Waals surface area (Å²) in [6.07, 6.45) is 2.51. The van der Waals surface area contributed by atoms with Crippen LogP contribution in [0.2, 0.25) is 0 Å². The Hall–Kier alpha value is -3.19. The van der Waals surface area contributed by atoms with Crippen LogP contribution in [-0.2, 0) is 24.8 Å². The predicted octanol–water partition coefficient (Wildman–Crippen LogP) is 3.09. The molecule has 2 aromatic carbocycles. The van der Waals surface area contributed by atoms with Gasteiger partial charge in [-0.3, -0.25) is 9.69 Å². The average Bonchev–Trinajstić information content (AvgIpc) is 3.14. The molecule has 0 radical (unpaired) electrons. The van der Waals surface area contributed by atoms with Crippen LogP contribution in [0.15, 0.2) is 42.6 Å². The highest BCUT2D eigenvalue weighted by Gasteiger charge is 2.24. The van der Waals surface area contributed by atoms with Crippen molar-refractivity contribution in [3.05, 3.63) is 53.7 Å². The second kappa shape index (κ2) is 9.53. The van der Waals surface area contributed by atoms with E-state index in [0.717, 1.165) is 54.8 Å². The first-order valence-corrected chi connectivity index (χ1v) is 10.9. The molecule has 0 unspecified atom stereocenters. The summed E-state index contributed by atoms with van der Waals surface area (Å²) in [6.45, 7) is 3.81. The lowest BCUT2D eigenvalue weighted by atomic mass is 10.1. The molecular weight excluding hydrogens is 406 g/mol. The Morgan fingerprint density at radius 2 is 1.59 bits per heavy atom. The highest BCUT2D eigenvalue weighted by atomic mass is 16.5. The van der Waals surface area contributed by atoms with Crippen molar-refractivity contribution in [2.24, 2.45) is 7.05 Å². The highest BCUT2D eigenvalue weighted by Crippen LogP contribution is 2.40. The maximum atomic E-state index is 13.0. The Labute approximate surface area is 189 Å². The Bertz CT molecular complexity index is 1100. The zero-order valence-electron chi connectivity index (χ0n) is 19.3. The molecule has 2 heterocycles. The van der Waals surface area contributed by atoms with Crippen molar-refractivity contribution in [3.8, 4) is 17.2 Å². The molecule has 1 fully saturated rings. The molecule has 0 bridgehead atoms. The third-order valence-electron chi connectivity index (χ3n) is 6.23. The summed E-state index contributed by atoms with van der Waals surface area (Å²) in [6, 6.07) is 12.1. The normalized spacial score (nSPS) is 14.6. The molecule has 1 saturated heterocycles. The van der Waals surface area contributed by atoms with Gasteiger partial charge >= 0.3 is 0 Å². The third-order valence-corrected chi connectivity index (χ3v) is 6.23. The molecule has 0 spiro atoms. The third kappa shape index (κ3) is 4.25. The Morgan fingerprint density at radius 3 is 2.28 bits per heavy atom. The molecule has 32 heavy (non-hydrogen) atoms. The summed E-state index contributed by atoms with van der Waals surface area (Å²) in [4.78, 5) is 17.3.